The second kappa shape index (κ2) is 4.21. The molecule has 0 radical (unpaired) electrons. The van der Waals surface area contributed by atoms with E-state index in [-0.39, 0.29) is 5.82 Å². The summed E-state index contributed by atoms with van der Waals surface area (Å²) in [5.74, 6) is -0.265. The van der Waals surface area contributed by atoms with Gasteiger partial charge in [0.15, 0.2) is 0 Å². The van der Waals surface area contributed by atoms with Crippen LogP contribution in [0.1, 0.15) is 0 Å². The van der Waals surface area contributed by atoms with Gasteiger partial charge in [-0.25, -0.2) is 4.39 Å². The fraction of sp³-hybridized carbons (Fsp3) is 0. The van der Waals surface area contributed by atoms with E-state index >= 15 is 0 Å². The first kappa shape index (κ1) is 10.5. The second-order valence-electron chi connectivity index (χ2n) is 3.14. The van der Waals surface area contributed by atoms with Crippen LogP contribution in [-0.4, -0.2) is 0 Å². The van der Waals surface area contributed by atoms with Crippen molar-refractivity contribution in [3.05, 3.63) is 58.3 Å². The Hall–Kier alpha value is -1.05. The van der Waals surface area contributed by atoms with Crippen LogP contribution in [0.3, 0.4) is 0 Å². The number of hydrogen-bond donors (Lipinski definition) is 0. The number of hydrogen-bond acceptors (Lipinski definition) is 0. The van der Waals surface area contributed by atoms with Gasteiger partial charge in [-0.2, -0.15) is 0 Å². The van der Waals surface area contributed by atoms with Gasteiger partial charge in [-0.1, -0.05) is 41.4 Å². The van der Waals surface area contributed by atoms with Gasteiger partial charge in [0.2, 0.25) is 0 Å². The van der Waals surface area contributed by atoms with Crippen LogP contribution < -0.4 is 0 Å². The minimum absolute atomic E-state index is 0.265. The molecule has 0 nitrogen and oxygen atoms in total. The molecule has 2 rings (SSSR count). The van der Waals surface area contributed by atoms with Crippen molar-refractivity contribution in [2.45, 2.75) is 0 Å². The molecule has 0 saturated heterocycles. The van der Waals surface area contributed by atoms with Crippen molar-refractivity contribution in [3.8, 4) is 11.1 Å². The zero-order valence-electron chi connectivity index (χ0n) is 7.68. The molecule has 2 aromatic carbocycles. The Labute approximate surface area is 97.3 Å². The van der Waals surface area contributed by atoms with Crippen LogP contribution in [0.15, 0.2) is 42.5 Å². The van der Waals surface area contributed by atoms with E-state index in [1.165, 1.54) is 12.1 Å². The third kappa shape index (κ3) is 2.31. The van der Waals surface area contributed by atoms with Crippen molar-refractivity contribution in [3.63, 3.8) is 0 Å². The van der Waals surface area contributed by atoms with Gasteiger partial charge in [-0.15, -0.1) is 0 Å². The molecule has 2 aromatic rings. The smallest absolute Gasteiger partial charge is 0.123 e. The predicted octanol–water partition coefficient (Wildman–Crippen LogP) is 4.80. The van der Waals surface area contributed by atoms with Crippen molar-refractivity contribution in [1.82, 2.24) is 0 Å². The largest absolute Gasteiger partial charge is 0.207 e. The first-order valence-corrected chi connectivity index (χ1v) is 5.13. The second-order valence-corrected chi connectivity index (χ2v) is 3.95. The van der Waals surface area contributed by atoms with E-state index in [4.69, 9.17) is 23.2 Å². The maximum absolute atomic E-state index is 13.0. The van der Waals surface area contributed by atoms with Crippen LogP contribution in [0.4, 0.5) is 4.39 Å². The van der Waals surface area contributed by atoms with Crippen molar-refractivity contribution in [2.24, 2.45) is 0 Å². The van der Waals surface area contributed by atoms with E-state index in [0.29, 0.717) is 10.0 Å². The summed E-state index contributed by atoms with van der Waals surface area (Å²) in [5.41, 5.74) is 1.64. The Morgan fingerprint density at radius 2 is 1.53 bits per heavy atom. The van der Waals surface area contributed by atoms with Gasteiger partial charge in [0.1, 0.15) is 5.82 Å². The Kier molecular flexibility index (Phi) is 2.94. The number of rotatable bonds is 1. The predicted molar refractivity (Wildman–Crippen MR) is 61.9 cm³/mol. The molecule has 3 heteroatoms. The highest BCUT2D eigenvalue weighted by atomic mass is 35.5. The quantitative estimate of drug-likeness (QED) is 0.672. The summed E-state index contributed by atoms with van der Waals surface area (Å²) in [5, 5.41) is 0.968. The lowest BCUT2D eigenvalue weighted by molar-refractivity contribution is 0.628. The lowest BCUT2D eigenvalue weighted by Crippen LogP contribution is -1.80. The van der Waals surface area contributed by atoms with Gasteiger partial charge in [-0.3, -0.25) is 0 Å². The average molecular weight is 241 g/mol. The van der Waals surface area contributed by atoms with Crippen LogP contribution in [0.5, 0.6) is 0 Å². The summed E-state index contributed by atoms with van der Waals surface area (Å²) < 4.78 is 13.0. The van der Waals surface area contributed by atoms with E-state index in [1.54, 1.807) is 18.2 Å². The standard InChI is InChI=1S/C12H7Cl2F/c13-11-5-4-9(7-12(11)14)8-2-1-3-10(15)6-8/h1-7H. The summed E-state index contributed by atoms with van der Waals surface area (Å²) in [7, 11) is 0. The zero-order chi connectivity index (χ0) is 10.8. The van der Waals surface area contributed by atoms with Gasteiger partial charge in [0.25, 0.3) is 0 Å². The molecule has 0 saturated carbocycles. The number of halogens is 3. The first-order valence-electron chi connectivity index (χ1n) is 4.38. The topological polar surface area (TPSA) is 0 Å². The first-order chi connectivity index (χ1) is 7.16. The Morgan fingerprint density at radius 1 is 0.800 bits per heavy atom. The molecule has 0 aliphatic carbocycles. The molecule has 0 heterocycles. The minimum atomic E-state index is -0.265. The van der Waals surface area contributed by atoms with Gasteiger partial charge >= 0.3 is 0 Å². The SMILES string of the molecule is Fc1cccc(-c2ccc(Cl)c(Cl)c2)c1. The molecule has 0 aromatic heterocycles. The Morgan fingerprint density at radius 3 is 2.20 bits per heavy atom. The van der Waals surface area contributed by atoms with E-state index in [2.05, 4.69) is 0 Å². The Balaban J connectivity index is 2.50. The summed E-state index contributed by atoms with van der Waals surface area (Å²) in [6.45, 7) is 0. The Bertz CT molecular complexity index is 495. The van der Waals surface area contributed by atoms with Crippen molar-refractivity contribution < 1.29 is 4.39 Å². The van der Waals surface area contributed by atoms with Gasteiger partial charge in [0.05, 0.1) is 10.0 Å². The minimum Gasteiger partial charge on any atom is -0.207 e. The molecule has 0 atom stereocenters. The van der Waals surface area contributed by atoms with Crippen LogP contribution in [0.25, 0.3) is 11.1 Å². The maximum atomic E-state index is 13.0. The summed E-state index contributed by atoms with van der Waals surface area (Å²) in [6.07, 6.45) is 0. The van der Waals surface area contributed by atoms with Crippen LogP contribution >= 0.6 is 23.2 Å². The average Bonchev–Trinajstić information content (AvgIpc) is 2.22. The molecule has 0 unspecified atom stereocenters. The highest BCUT2D eigenvalue weighted by Crippen LogP contribution is 2.28. The normalized spacial score (nSPS) is 10.3. The molecule has 0 aliphatic heterocycles. The fourth-order valence-corrected chi connectivity index (χ4v) is 1.64. The van der Waals surface area contributed by atoms with E-state index < -0.39 is 0 Å². The third-order valence-electron chi connectivity index (χ3n) is 2.08. The van der Waals surface area contributed by atoms with Crippen molar-refractivity contribution >= 4 is 23.2 Å². The molecular weight excluding hydrogens is 234 g/mol. The van der Waals surface area contributed by atoms with Crippen LogP contribution in [-0.2, 0) is 0 Å². The van der Waals surface area contributed by atoms with Gasteiger partial charge in [-0.05, 0) is 35.4 Å². The maximum Gasteiger partial charge on any atom is 0.123 e. The highest BCUT2D eigenvalue weighted by molar-refractivity contribution is 6.42. The van der Waals surface area contributed by atoms with E-state index in [0.717, 1.165) is 11.1 Å². The lowest BCUT2D eigenvalue weighted by Gasteiger charge is -2.03. The van der Waals surface area contributed by atoms with Crippen LogP contribution in [0, 0.1) is 5.82 Å². The van der Waals surface area contributed by atoms with E-state index in [1.807, 2.05) is 12.1 Å². The molecule has 0 N–H and O–H groups in total. The van der Waals surface area contributed by atoms with Crippen molar-refractivity contribution in [1.29, 1.82) is 0 Å². The van der Waals surface area contributed by atoms with Crippen molar-refractivity contribution in [2.75, 3.05) is 0 Å². The molecule has 0 amide bonds. The third-order valence-corrected chi connectivity index (χ3v) is 2.82. The molecule has 0 aliphatic rings. The fourth-order valence-electron chi connectivity index (χ4n) is 1.34. The molecule has 15 heavy (non-hydrogen) atoms. The number of benzene rings is 2. The zero-order valence-corrected chi connectivity index (χ0v) is 9.19. The summed E-state index contributed by atoms with van der Waals surface area (Å²) in [6, 6.07) is 11.6. The van der Waals surface area contributed by atoms with Gasteiger partial charge < -0.3 is 0 Å². The lowest BCUT2D eigenvalue weighted by atomic mass is 10.1. The van der Waals surface area contributed by atoms with E-state index in [9.17, 15) is 4.39 Å². The molecule has 0 spiro atoms. The molecule has 76 valence electrons. The highest BCUT2D eigenvalue weighted by Gasteiger charge is 2.02. The van der Waals surface area contributed by atoms with Gasteiger partial charge in [0, 0.05) is 0 Å². The molecule has 0 fully saturated rings. The summed E-state index contributed by atoms with van der Waals surface area (Å²) >= 11 is 11.7. The van der Waals surface area contributed by atoms with Crippen LogP contribution in [0.2, 0.25) is 10.0 Å². The summed E-state index contributed by atoms with van der Waals surface area (Å²) in [4.78, 5) is 0. The monoisotopic (exact) mass is 240 g/mol. The molecule has 0 bridgehead atoms. The molecular formula is C12H7Cl2F.